The predicted molar refractivity (Wildman–Crippen MR) is 36.4 cm³/mol. The molecule has 0 aliphatic carbocycles. The van der Waals surface area contributed by atoms with E-state index < -0.39 is 23.4 Å². The van der Waals surface area contributed by atoms with Gasteiger partial charge in [0.2, 0.25) is 11.7 Å². The van der Waals surface area contributed by atoms with Gasteiger partial charge in [0, 0.05) is 0 Å². The summed E-state index contributed by atoms with van der Waals surface area (Å²) in [6, 6.07) is 0. The third kappa shape index (κ3) is 2.77. The fraction of sp³-hybridized carbons (Fsp3) is 0.286. The first-order valence-corrected chi connectivity index (χ1v) is 3.15. The van der Waals surface area contributed by atoms with E-state index >= 15 is 0 Å². The van der Waals surface area contributed by atoms with Gasteiger partial charge in [-0.25, -0.2) is 13.6 Å². The molecule has 0 saturated heterocycles. The van der Waals surface area contributed by atoms with Crippen LogP contribution >= 0.6 is 0 Å². The van der Waals surface area contributed by atoms with E-state index in [-0.39, 0.29) is 6.42 Å². The molecule has 68 valence electrons. The van der Waals surface area contributed by atoms with E-state index in [1.54, 1.807) is 0 Å². The molecule has 0 atom stereocenters. The van der Waals surface area contributed by atoms with Crippen molar-refractivity contribution in [1.29, 1.82) is 0 Å². The van der Waals surface area contributed by atoms with E-state index in [2.05, 4.69) is 0 Å². The van der Waals surface area contributed by atoms with Crippen molar-refractivity contribution in [1.82, 2.24) is 0 Å². The highest BCUT2D eigenvalue weighted by atomic mass is 19.2. The van der Waals surface area contributed by atoms with Crippen molar-refractivity contribution in [2.24, 2.45) is 0 Å². The summed E-state index contributed by atoms with van der Waals surface area (Å²) in [7, 11) is 0. The molecule has 0 aliphatic rings. The molecule has 0 radical (unpaired) electrons. The van der Waals surface area contributed by atoms with Gasteiger partial charge in [0.1, 0.15) is 0 Å². The maximum absolute atomic E-state index is 12.3. The minimum absolute atomic E-state index is 0.159. The van der Waals surface area contributed by atoms with Gasteiger partial charge in [0.05, 0.1) is 0 Å². The first-order chi connectivity index (χ1) is 5.50. The minimum Gasteiger partial charge on any atom is -0.476 e. The standard InChI is InChI=1S/C7H7F3O2/c1-2-3-4(8)5(9)6(10)7(11)12/h3H,2H2,1H3,(H,11,12)/b4-3-,6-5+. The smallest absolute Gasteiger partial charge is 0.367 e. The lowest BCUT2D eigenvalue weighted by Crippen LogP contribution is -1.97. The summed E-state index contributed by atoms with van der Waals surface area (Å²) in [5.41, 5.74) is 0. The zero-order valence-corrected chi connectivity index (χ0v) is 6.27. The summed E-state index contributed by atoms with van der Waals surface area (Å²) < 4.78 is 36.8. The van der Waals surface area contributed by atoms with Crippen LogP contribution < -0.4 is 0 Å². The molecule has 0 aromatic rings. The molecule has 0 aromatic heterocycles. The lowest BCUT2D eigenvalue weighted by molar-refractivity contribution is -0.134. The van der Waals surface area contributed by atoms with Crippen LogP contribution in [-0.4, -0.2) is 11.1 Å². The number of hydrogen-bond acceptors (Lipinski definition) is 1. The summed E-state index contributed by atoms with van der Waals surface area (Å²) in [4.78, 5) is 9.78. The Kier molecular flexibility index (Phi) is 4.10. The molecule has 0 aromatic carbocycles. The van der Waals surface area contributed by atoms with Gasteiger partial charge in [-0.1, -0.05) is 6.92 Å². The van der Waals surface area contributed by atoms with Crippen molar-refractivity contribution >= 4 is 5.97 Å². The summed E-state index contributed by atoms with van der Waals surface area (Å²) >= 11 is 0. The van der Waals surface area contributed by atoms with E-state index in [4.69, 9.17) is 5.11 Å². The molecule has 0 aliphatic heterocycles. The van der Waals surface area contributed by atoms with Crippen LogP contribution in [0.2, 0.25) is 0 Å². The number of carboxylic acid groups (broad SMARTS) is 1. The van der Waals surface area contributed by atoms with Crippen LogP contribution in [-0.2, 0) is 4.79 Å². The Morgan fingerprint density at radius 1 is 1.33 bits per heavy atom. The third-order valence-electron chi connectivity index (χ3n) is 0.973. The van der Waals surface area contributed by atoms with Crippen LogP contribution in [0.25, 0.3) is 0 Å². The maximum Gasteiger partial charge on any atom is 0.367 e. The van der Waals surface area contributed by atoms with Crippen LogP contribution in [0.3, 0.4) is 0 Å². The number of allylic oxidation sites excluding steroid dienone is 3. The second kappa shape index (κ2) is 4.58. The second-order valence-electron chi connectivity index (χ2n) is 1.89. The first kappa shape index (κ1) is 10.7. The van der Waals surface area contributed by atoms with Gasteiger partial charge in [0.25, 0.3) is 0 Å². The summed E-state index contributed by atoms with van der Waals surface area (Å²) in [6.45, 7) is 1.51. The molecular weight excluding hydrogens is 173 g/mol. The lowest BCUT2D eigenvalue weighted by atomic mass is 10.3. The Bertz CT molecular complexity index is 243. The van der Waals surface area contributed by atoms with Gasteiger partial charge in [-0.2, -0.15) is 4.39 Å². The molecule has 5 heteroatoms. The quantitative estimate of drug-likeness (QED) is 0.535. The normalized spacial score (nSPS) is 14.2. The van der Waals surface area contributed by atoms with Gasteiger partial charge in [0.15, 0.2) is 5.83 Å². The lowest BCUT2D eigenvalue weighted by Gasteiger charge is -1.92. The average Bonchev–Trinajstić information content (AvgIpc) is 2.02. The van der Waals surface area contributed by atoms with Crippen LogP contribution in [0.4, 0.5) is 13.2 Å². The Hall–Kier alpha value is -1.26. The fourth-order valence-electron chi connectivity index (χ4n) is 0.468. The van der Waals surface area contributed by atoms with Gasteiger partial charge in [-0.15, -0.1) is 0 Å². The molecule has 0 bridgehead atoms. The molecule has 0 heterocycles. The van der Waals surface area contributed by atoms with Crippen LogP contribution in [0.5, 0.6) is 0 Å². The molecule has 0 unspecified atom stereocenters. The minimum atomic E-state index is -2.12. The first-order valence-electron chi connectivity index (χ1n) is 3.15. The highest BCUT2D eigenvalue weighted by Gasteiger charge is 2.17. The Labute approximate surface area is 67.0 Å². The molecule has 0 fully saturated rings. The van der Waals surface area contributed by atoms with E-state index in [9.17, 15) is 18.0 Å². The predicted octanol–water partition coefficient (Wildman–Crippen LogP) is 2.49. The SMILES string of the molecule is CC/C=C(F)/C(F)=C(\F)C(=O)O. The van der Waals surface area contributed by atoms with Gasteiger partial charge in [-0.05, 0) is 12.5 Å². The van der Waals surface area contributed by atoms with E-state index in [0.717, 1.165) is 6.08 Å². The summed E-state index contributed by atoms with van der Waals surface area (Å²) in [5, 5.41) is 7.90. The highest BCUT2D eigenvalue weighted by Crippen LogP contribution is 2.19. The topological polar surface area (TPSA) is 37.3 Å². The number of halogens is 3. The number of carbonyl (C=O) groups is 1. The molecular formula is C7H7F3O2. The van der Waals surface area contributed by atoms with Crippen LogP contribution in [0, 0.1) is 0 Å². The van der Waals surface area contributed by atoms with E-state index in [1.165, 1.54) is 6.92 Å². The van der Waals surface area contributed by atoms with Crippen molar-refractivity contribution in [3.8, 4) is 0 Å². The zero-order valence-electron chi connectivity index (χ0n) is 6.27. The number of aliphatic carboxylic acids is 1. The van der Waals surface area contributed by atoms with Crippen molar-refractivity contribution in [2.75, 3.05) is 0 Å². The molecule has 2 nitrogen and oxygen atoms in total. The van der Waals surface area contributed by atoms with Crippen LogP contribution in [0.15, 0.2) is 23.6 Å². The van der Waals surface area contributed by atoms with Crippen molar-refractivity contribution in [3.63, 3.8) is 0 Å². The van der Waals surface area contributed by atoms with Crippen molar-refractivity contribution < 1.29 is 23.1 Å². The van der Waals surface area contributed by atoms with Crippen molar-refractivity contribution in [3.05, 3.63) is 23.6 Å². The molecule has 0 amide bonds. The largest absolute Gasteiger partial charge is 0.476 e. The number of rotatable bonds is 3. The Balaban J connectivity index is 4.78. The molecule has 0 rings (SSSR count). The zero-order chi connectivity index (χ0) is 9.72. The fourth-order valence-corrected chi connectivity index (χ4v) is 0.468. The van der Waals surface area contributed by atoms with Crippen molar-refractivity contribution in [2.45, 2.75) is 13.3 Å². The van der Waals surface area contributed by atoms with Gasteiger partial charge in [-0.3, -0.25) is 0 Å². The Morgan fingerprint density at radius 2 is 1.83 bits per heavy atom. The highest BCUT2D eigenvalue weighted by molar-refractivity contribution is 5.85. The van der Waals surface area contributed by atoms with E-state index in [1.807, 2.05) is 0 Å². The molecule has 0 saturated carbocycles. The van der Waals surface area contributed by atoms with Gasteiger partial charge >= 0.3 is 5.97 Å². The number of hydrogen-bond donors (Lipinski definition) is 1. The summed E-state index contributed by atoms with van der Waals surface area (Å²) in [5.74, 6) is -7.69. The average molecular weight is 180 g/mol. The summed E-state index contributed by atoms with van der Waals surface area (Å²) in [6.07, 6.45) is 0.907. The third-order valence-corrected chi connectivity index (χ3v) is 0.973. The van der Waals surface area contributed by atoms with Crippen LogP contribution in [0.1, 0.15) is 13.3 Å². The molecule has 12 heavy (non-hydrogen) atoms. The molecule has 1 N–H and O–H groups in total. The maximum atomic E-state index is 12.3. The monoisotopic (exact) mass is 180 g/mol. The second-order valence-corrected chi connectivity index (χ2v) is 1.89. The van der Waals surface area contributed by atoms with Gasteiger partial charge < -0.3 is 5.11 Å². The van der Waals surface area contributed by atoms with E-state index in [0.29, 0.717) is 0 Å². The number of carboxylic acids is 1. The Morgan fingerprint density at radius 3 is 2.17 bits per heavy atom. The molecule has 0 spiro atoms.